The van der Waals surface area contributed by atoms with Crippen LogP contribution in [-0.4, -0.2) is 33.6 Å². The van der Waals surface area contributed by atoms with E-state index in [1.54, 1.807) is 20.8 Å². The average molecular weight is 278 g/mol. The highest BCUT2D eigenvalue weighted by molar-refractivity contribution is 7.99. The van der Waals surface area contributed by atoms with Crippen LogP contribution in [0.15, 0.2) is 4.58 Å². The number of nitrogens with one attached hydrogen (secondary N) is 1. The molecule has 0 aromatic rings. The first-order valence-corrected chi connectivity index (χ1v) is 6.00. The summed E-state index contributed by atoms with van der Waals surface area (Å²) < 4.78 is 6.49. The van der Waals surface area contributed by atoms with Crippen LogP contribution >= 0.6 is 11.9 Å². The van der Waals surface area contributed by atoms with Crippen molar-refractivity contribution in [3.8, 4) is 0 Å². The molecular formula is C10H18N2O5S. The summed E-state index contributed by atoms with van der Waals surface area (Å²) in [6.07, 6.45) is -0.852. The number of carbonyl (C=O) groups is 2. The summed E-state index contributed by atoms with van der Waals surface area (Å²) in [6, 6.07) is -1.28. The van der Waals surface area contributed by atoms with Gasteiger partial charge in [-0.05, 0) is 34.6 Å². The van der Waals surface area contributed by atoms with Crippen LogP contribution in [0, 0.1) is 4.91 Å². The zero-order valence-corrected chi connectivity index (χ0v) is 11.8. The number of amides is 1. The van der Waals surface area contributed by atoms with E-state index in [0.717, 1.165) is 0 Å². The molecule has 0 aliphatic rings. The Labute approximate surface area is 110 Å². The van der Waals surface area contributed by atoms with Crippen molar-refractivity contribution in [1.82, 2.24) is 5.32 Å². The minimum absolute atomic E-state index is 0.548. The van der Waals surface area contributed by atoms with Crippen molar-refractivity contribution < 1.29 is 19.4 Å². The number of hydrogen-bond donors (Lipinski definition) is 2. The normalized spacial score (nSPS) is 13.6. The summed E-state index contributed by atoms with van der Waals surface area (Å²) in [5, 5.41) is 11.3. The van der Waals surface area contributed by atoms with Gasteiger partial charge in [0.1, 0.15) is 11.6 Å². The topological polar surface area (TPSA) is 105 Å². The van der Waals surface area contributed by atoms with Gasteiger partial charge < -0.3 is 15.2 Å². The first kappa shape index (κ1) is 16.7. The van der Waals surface area contributed by atoms with Gasteiger partial charge in [0.05, 0.1) is 4.75 Å². The maximum absolute atomic E-state index is 11.5. The molecule has 104 valence electrons. The molecule has 0 saturated heterocycles. The smallest absolute Gasteiger partial charge is 0.408 e. The van der Waals surface area contributed by atoms with Gasteiger partial charge in [-0.25, -0.2) is 9.59 Å². The number of carboxylic acid groups (broad SMARTS) is 1. The van der Waals surface area contributed by atoms with Crippen molar-refractivity contribution in [3.63, 3.8) is 0 Å². The monoisotopic (exact) mass is 278 g/mol. The van der Waals surface area contributed by atoms with Gasteiger partial charge in [-0.1, -0.05) is 0 Å². The Morgan fingerprint density at radius 2 is 1.78 bits per heavy atom. The van der Waals surface area contributed by atoms with Crippen LogP contribution in [0.5, 0.6) is 0 Å². The molecule has 1 amide bonds. The molecule has 0 radical (unpaired) electrons. The number of nitrogens with zero attached hydrogens (tertiary/aromatic N) is 1. The van der Waals surface area contributed by atoms with Crippen LogP contribution in [0.1, 0.15) is 34.6 Å². The summed E-state index contributed by atoms with van der Waals surface area (Å²) in [7, 11) is 0. The van der Waals surface area contributed by atoms with Gasteiger partial charge in [-0.3, -0.25) is 0 Å². The Bertz CT molecular complexity index is 338. The lowest BCUT2D eigenvalue weighted by Gasteiger charge is -2.29. The minimum atomic E-state index is -1.28. The highest BCUT2D eigenvalue weighted by Crippen LogP contribution is 2.29. The Morgan fingerprint density at radius 1 is 1.28 bits per heavy atom. The quantitative estimate of drug-likeness (QED) is 0.589. The maximum atomic E-state index is 11.5. The molecule has 0 heterocycles. The summed E-state index contributed by atoms with van der Waals surface area (Å²) in [5.74, 6) is -1.26. The Balaban J connectivity index is 4.80. The lowest BCUT2D eigenvalue weighted by atomic mass is 10.0. The Kier molecular flexibility index (Phi) is 5.59. The molecule has 0 aliphatic heterocycles. The largest absolute Gasteiger partial charge is 0.480 e. The zero-order chi connectivity index (χ0) is 14.6. The molecule has 0 rings (SSSR count). The zero-order valence-electron chi connectivity index (χ0n) is 11.0. The van der Waals surface area contributed by atoms with Crippen LogP contribution in [0.4, 0.5) is 4.79 Å². The molecule has 0 bridgehead atoms. The van der Waals surface area contributed by atoms with E-state index >= 15 is 0 Å². The lowest BCUT2D eigenvalue weighted by Crippen LogP contribution is -2.53. The van der Waals surface area contributed by atoms with Gasteiger partial charge in [-0.2, -0.15) is 0 Å². The molecule has 8 heteroatoms. The molecule has 7 nitrogen and oxygen atoms in total. The van der Waals surface area contributed by atoms with Gasteiger partial charge in [0.25, 0.3) is 0 Å². The van der Waals surface area contributed by atoms with Crippen LogP contribution in [-0.2, 0) is 9.53 Å². The third-order valence-electron chi connectivity index (χ3n) is 1.88. The van der Waals surface area contributed by atoms with Gasteiger partial charge in [-0.15, -0.1) is 4.91 Å². The second-order valence-corrected chi connectivity index (χ2v) is 6.57. The molecule has 2 N–H and O–H groups in total. The van der Waals surface area contributed by atoms with Crippen molar-refractivity contribution in [2.24, 2.45) is 4.58 Å². The number of aliphatic carboxylic acids is 1. The van der Waals surface area contributed by atoms with Crippen LogP contribution < -0.4 is 5.32 Å². The van der Waals surface area contributed by atoms with Gasteiger partial charge in [0.15, 0.2) is 0 Å². The summed E-state index contributed by atoms with van der Waals surface area (Å²) in [6.45, 7) is 7.98. The number of nitroso groups, excluding NO2 is 1. The molecule has 1 atom stereocenters. The predicted octanol–water partition coefficient (Wildman–Crippen LogP) is 2.16. The van der Waals surface area contributed by atoms with E-state index in [1.807, 2.05) is 0 Å². The molecule has 0 aromatic heterocycles. The summed E-state index contributed by atoms with van der Waals surface area (Å²) >= 11 is 0.548. The van der Waals surface area contributed by atoms with Crippen molar-refractivity contribution >= 4 is 24.0 Å². The standard InChI is InChI=1S/C10H18N2O5S/c1-9(2,3)17-8(15)11-6(7(13)14)10(4,5)18-12-16/h6H,1-5H3,(H,11,15)(H,13,14). The molecule has 0 aliphatic carbocycles. The van der Waals surface area contributed by atoms with E-state index in [9.17, 15) is 14.5 Å². The molecule has 0 fully saturated rings. The molecule has 18 heavy (non-hydrogen) atoms. The van der Waals surface area contributed by atoms with Crippen LogP contribution in [0.3, 0.4) is 0 Å². The number of alkyl carbamates (subject to hydrolysis) is 1. The highest BCUT2D eigenvalue weighted by Gasteiger charge is 2.39. The van der Waals surface area contributed by atoms with Crippen molar-refractivity contribution in [2.45, 2.75) is 51.0 Å². The third kappa shape index (κ3) is 5.85. The van der Waals surface area contributed by atoms with Crippen molar-refractivity contribution in [1.29, 1.82) is 0 Å². The Morgan fingerprint density at radius 3 is 2.11 bits per heavy atom. The second kappa shape index (κ2) is 6.03. The summed E-state index contributed by atoms with van der Waals surface area (Å²) in [4.78, 5) is 32.8. The van der Waals surface area contributed by atoms with E-state index in [-0.39, 0.29) is 0 Å². The first-order chi connectivity index (χ1) is 7.99. The minimum Gasteiger partial charge on any atom is -0.480 e. The number of ether oxygens (including phenoxy) is 1. The second-order valence-electron chi connectivity index (χ2n) is 5.19. The van der Waals surface area contributed by atoms with E-state index in [2.05, 4.69) is 9.90 Å². The fraction of sp³-hybridized carbons (Fsp3) is 0.800. The lowest BCUT2D eigenvalue weighted by molar-refractivity contribution is -0.140. The number of hydrogen-bond acceptors (Lipinski definition) is 6. The van der Waals surface area contributed by atoms with Gasteiger partial charge in [0, 0.05) is 16.5 Å². The number of rotatable bonds is 5. The van der Waals surface area contributed by atoms with Crippen molar-refractivity contribution in [3.05, 3.63) is 4.91 Å². The average Bonchev–Trinajstić information content (AvgIpc) is 2.10. The predicted molar refractivity (Wildman–Crippen MR) is 68.3 cm³/mol. The first-order valence-electron chi connectivity index (χ1n) is 5.23. The highest BCUT2D eigenvalue weighted by atomic mass is 32.2. The molecule has 0 saturated carbocycles. The van der Waals surface area contributed by atoms with E-state index in [0.29, 0.717) is 11.9 Å². The Hall–Kier alpha value is -1.31. The molecule has 1 unspecified atom stereocenters. The van der Waals surface area contributed by atoms with Gasteiger partial charge in [0.2, 0.25) is 0 Å². The van der Waals surface area contributed by atoms with Crippen LogP contribution in [0.2, 0.25) is 0 Å². The van der Waals surface area contributed by atoms with Crippen LogP contribution in [0.25, 0.3) is 0 Å². The van der Waals surface area contributed by atoms with E-state index in [4.69, 9.17) is 9.84 Å². The number of carbonyl (C=O) groups excluding carboxylic acids is 1. The fourth-order valence-electron chi connectivity index (χ4n) is 1.11. The van der Waals surface area contributed by atoms with E-state index in [1.165, 1.54) is 13.8 Å². The molecule has 0 aromatic carbocycles. The third-order valence-corrected chi connectivity index (χ3v) is 2.66. The molecule has 0 spiro atoms. The molecular weight excluding hydrogens is 260 g/mol. The summed E-state index contributed by atoms with van der Waals surface area (Å²) in [5.41, 5.74) is -0.729. The SMILES string of the molecule is CC(C)(C)OC(=O)NC(C(=O)O)C(C)(C)SN=O. The van der Waals surface area contributed by atoms with E-state index < -0.39 is 28.5 Å². The van der Waals surface area contributed by atoms with Crippen molar-refractivity contribution in [2.75, 3.05) is 0 Å². The fourth-order valence-corrected chi connectivity index (χ4v) is 1.56. The van der Waals surface area contributed by atoms with Gasteiger partial charge >= 0.3 is 12.1 Å². The number of carboxylic acids is 1. The maximum Gasteiger partial charge on any atom is 0.408 e.